The summed E-state index contributed by atoms with van der Waals surface area (Å²) in [6, 6.07) is 97.4. The number of fused-ring (bicyclic) bond motifs is 11. The van der Waals surface area contributed by atoms with E-state index in [1.54, 1.807) is 0 Å². The molecular weight excluding hydrogens is 921 g/mol. The lowest BCUT2D eigenvalue weighted by Crippen LogP contribution is -1.92. The first-order valence-electron chi connectivity index (χ1n) is 26.1. The Bertz CT molecular complexity index is 4920. The molecular formula is C74H44O2. The van der Waals surface area contributed by atoms with E-state index in [2.05, 4.69) is 243 Å². The summed E-state index contributed by atoms with van der Waals surface area (Å²) in [5.74, 6) is 0. The summed E-state index contributed by atoms with van der Waals surface area (Å²) in [7, 11) is 0. The van der Waals surface area contributed by atoms with E-state index in [1.807, 2.05) is 24.3 Å². The van der Waals surface area contributed by atoms with Crippen LogP contribution in [0.1, 0.15) is 0 Å². The van der Waals surface area contributed by atoms with Crippen molar-refractivity contribution in [2.75, 3.05) is 0 Å². The van der Waals surface area contributed by atoms with E-state index >= 15 is 0 Å². The fraction of sp³-hybridized carbons (Fsp3) is 0. The van der Waals surface area contributed by atoms with Crippen LogP contribution in [0.3, 0.4) is 0 Å². The molecule has 0 bridgehead atoms. The second-order valence-corrected chi connectivity index (χ2v) is 20.2. The van der Waals surface area contributed by atoms with Crippen LogP contribution in [0.5, 0.6) is 0 Å². The van der Waals surface area contributed by atoms with Gasteiger partial charge in [0.2, 0.25) is 0 Å². The van der Waals surface area contributed by atoms with Gasteiger partial charge in [-0.3, -0.25) is 0 Å². The van der Waals surface area contributed by atoms with Gasteiger partial charge in [0.25, 0.3) is 0 Å². The molecule has 0 amide bonds. The minimum absolute atomic E-state index is 0.900. The van der Waals surface area contributed by atoms with Gasteiger partial charge in [0.05, 0.1) is 0 Å². The number of hydrogen-bond acceptors (Lipinski definition) is 2. The molecule has 0 aliphatic rings. The zero-order valence-electron chi connectivity index (χ0n) is 41.2. The lowest BCUT2D eigenvalue weighted by atomic mass is 9.84. The van der Waals surface area contributed by atoms with Gasteiger partial charge >= 0.3 is 0 Å². The van der Waals surface area contributed by atoms with Crippen molar-refractivity contribution in [3.8, 4) is 66.8 Å². The van der Waals surface area contributed by atoms with Crippen LogP contribution in [0, 0.1) is 0 Å². The summed E-state index contributed by atoms with van der Waals surface area (Å²) >= 11 is 0. The SMILES string of the molecule is c1ccc2c(-c3ccc(-c4c5ccccc5c(-c5ccc6c(c5)oc5ccccc56)c5ccccc45)cc3)c(-c3ccc(-c4c5ccccc5c(-c5ccc6c(c5)oc5ccccc56)c5ccccc45)cc3)ccc2c1. The molecule has 0 aliphatic heterocycles. The van der Waals surface area contributed by atoms with Crippen molar-refractivity contribution in [1.82, 2.24) is 0 Å². The standard InChI is InChI=1S/C74H44O2/c1-2-16-52-45(15-1)37-40-53(46-29-31-48(32-30-46)71-58-19-3-7-23-62(58)73(63-24-8-4-20-59(63)71)50-38-41-56-54-17-11-13-27-66(54)75-68(56)43-50)70(52)47-33-35-49(36-34-47)72-60-21-5-9-25-64(60)74(65-26-10-6-22-61(65)72)51-39-42-57-55-18-12-14-28-67(55)76-69(57)44-51/h1-44H. The Morgan fingerprint density at radius 1 is 0.171 bits per heavy atom. The molecule has 16 aromatic rings. The smallest absolute Gasteiger partial charge is 0.136 e. The summed E-state index contributed by atoms with van der Waals surface area (Å²) in [6.07, 6.45) is 0. The molecule has 0 saturated heterocycles. The molecule has 0 aliphatic carbocycles. The third kappa shape index (κ3) is 6.47. The third-order valence-corrected chi connectivity index (χ3v) is 16.1. The van der Waals surface area contributed by atoms with Crippen molar-refractivity contribution in [2.45, 2.75) is 0 Å². The largest absolute Gasteiger partial charge is 0.456 e. The second kappa shape index (κ2) is 16.8. The van der Waals surface area contributed by atoms with Crippen LogP contribution in [0.2, 0.25) is 0 Å². The zero-order valence-corrected chi connectivity index (χ0v) is 41.2. The molecule has 0 unspecified atom stereocenters. The number of rotatable bonds is 6. The van der Waals surface area contributed by atoms with Gasteiger partial charge in [-0.05, 0) is 157 Å². The number of benzene rings is 14. The molecule has 2 aromatic heterocycles. The summed E-state index contributed by atoms with van der Waals surface area (Å²) in [5.41, 5.74) is 18.0. The zero-order chi connectivity index (χ0) is 49.8. The minimum Gasteiger partial charge on any atom is -0.456 e. The van der Waals surface area contributed by atoms with Gasteiger partial charge in [0.15, 0.2) is 0 Å². The lowest BCUT2D eigenvalue weighted by Gasteiger charge is -2.19. The molecule has 14 aromatic carbocycles. The molecule has 0 radical (unpaired) electrons. The quantitative estimate of drug-likeness (QED) is 0.155. The van der Waals surface area contributed by atoms with Crippen LogP contribution < -0.4 is 0 Å². The van der Waals surface area contributed by atoms with Crippen molar-refractivity contribution >= 4 is 97.7 Å². The highest BCUT2D eigenvalue weighted by atomic mass is 16.3. The van der Waals surface area contributed by atoms with Crippen molar-refractivity contribution in [3.63, 3.8) is 0 Å². The van der Waals surface area contributed by atoms with E-state index in [-0.39, 0.29) is 0 Å². The maximum Gasteiger partial charge on any atom is 0.136 e. The van der Waals surface area contributed by atoms with Crippen LogP contribution >= 0.6 is 0 Å². The van der Waals surface area contributed by atoms with Crippen molar-refractivity contribution < 1.29 is 8.83 Å². The highest BCUT2D eigenvalue weighted by Crippen LogP contribution is 2.48. The number of para-hydroxylation sites is 2. The van der Waals surface area contributed by atoms with Gasteiger partial charge in [-0.25, -0.2) is 0 Å². The molecule has 0 atom stereocenters. The summed E-state index contributed by atoms with van der Waals surface area (Å²) in [6.45, 7) is 0. The number of furan rings is 2. The first kappa shape index (κ1) is 42.5. The van der Waals surface area contributed by atoms with Gasteiger partial charge in [-0.2, -0.15) is 0 Å². The molecule has 0 saturated carbocycles. The summed E-state index contributed by atoms with van der Waals surface area (Å²) in [4.78, 5) is 0. The van der Waals surface area contributed by atoms with Gasteiger partial charge in [-0.1, -0.05) is 231 Å². The van der Waals surface area contributed by atoms with Crippen LogP contribution in [-0.2, 0) is 0 Å². The average Bonchev–Trinajstić information content (AvgIpc) is 4.09. The van der Waals surface area contributed by atoms with E-state index in [9.17, 15) is 0 Å². The average molecular weight is 965 g/mol. The third-order valence-electron chi connectivity index (χ3n) is 16.1. The van der Waals surface area contributed by atoms with Crippen LogP contribution in [0.25, 0.3) is 165 Å². The lowest BCUT2D eigenvalue weighted by molar-refractivity contribution is 0.668. The van der Waals surface area contributed by atoms with E-state index < -0.39 is 0 Å². The van der Waals surface area contributed by atoms with Crippen LogP contribution in [0.4, 0.5) is 0 Å². The molecule has 352 valence electrons. The molecule has 16 rings (SSSR count). The Kier molecular flexibility index (Phi) is 9.37. The van der Waals surface area contributed by atoms with Crippen molar-refractivity contribution in [1.29, 1.82) is 0 Å². The molecule has 0 N–H and O–H groups in total. The minimum atomic E-state index is 0.900. The van der Waals surface area contributed by atoms with Crippen LogP contribution in [-0.4, -0.2) is 0 Å². The fourth-order valence-corrected chi connectivity index (χ4v) is 12.7. The van der Waals surface area contributed by atoms with Gasteiger partial charge in [0, 0.05) is 21.5 Å². The predicted molar refractivity (Wildman–Crippen MR) is 321 cm³/mol. The van der Waals surface area contributed by atoms with E-state index in [1.165, 1.54) is 109 Å². The molecule has 2 nitrogen and oxygen atoms in total. The first-order valence-corrected chi connectivity index (χ1v) is 26.1. The predicted octanol–water partition coefficient (Wildman–Crippen LogP) is 21.3. The molecule has 0 spiro atoms. The maximum atomic E-state index is 6.42. The normalized spacial score (nSPS) is 11.9. The summed E-state index contributed by atoms with van der Waals surface area (Å²) < 4.78 is 12.8. The Morgan fingerprint density at radius 2 is 0.461 bits per heavy atom. The number of hydrogen-bond donors (Lipinski definition) is 0. The van der Waals surface area contributed by atoms with Crippen molar-refractivity contribution in [3.05, 3.63) is 267 Å². The van der Waals surface area contributed by atoms with Gasteiger partial charge in [-0.15, -0.1) is 0 Å². The highest BCUT2D eigenvalue weighted by molar-refractivity contribution is 6.24. The molecule has 0 fully saturated rings. The topological polar surface area (TPSA) is 26.3 Å². The van der Waals surface area contributed by atoms with E-state index in [4.69, 9.17) is 8.83 Å². The summed E-state index contributed by atoms with van der Waals surface area (Å²) in [5, 5.41) is 16.7. The molecule has 2 heteroatoms. The monoisotopic (exact) mass is 964 g/mol. The Hall–Kier alpha value is -10.0. The fourth-order valence-electron chi connectivity index (χ4n) is 12.7. The van der Waals surface area contributed by atoms with Crippen molar-refractivity contribution in [2.24, 2.45) is 0 Å². The van der Waals surface area contributed by atoms with Gasteiger partial charge < -0.3 is 8.83 Å². The van der Waals surface area contributed by atoms with Crippen LogP contribution in [0.15, 0.2) is 276 Å². The second-order valence-electron chi connectivity index (χ2n) is 20.2. The molecule has 76 heavy (non-hydrogen) atoms. The Balaban J connectivity index is 0.809. The Labute approximate surface area is 437 Å². The highest BCUT2D eigenvalue weighted by Gasteiger charge is 2.21. The maximum absolute atomic E-state index is 6.42. The Morgan fingerprint density at radius 3 is 0.868 bits per heavy atom. The van der Waals surface area contributed by atoms with E-state index in [0.717, 1.165) is 55.0 Å². The van der Waals surface area contributed by atoms with Gasteiger partial charge in [0.1, 0.15) is 22.3 Å². The first-order chi connectivity index (χ1) is 37.7. The molecule has 2 heterocycles. The van der Waals surface area contributed by atoms with E-state index in [0.29, 0.717) is 0 Å².